The Hall–Kier alpha value is -1.91. The van der Waals surface area contributed by atoms with Crippen LogP contribution in [0.3, 0.4) is 0 Å². The zero-order valence-electron chi connectivity index (χ0n) is 12.3. The van der Waals surface area contributed by atoms with Crippen molar-refractivity contribution in [1.29, 1.82) is 0 Å². The first-order chi connectivity index (χ1) is 10.1. The van der Waals surface area contributed by atoms with Gasteiger partial charge in [0, 0.05) is 13.1 Å². The van der Waals surface area contributed by atoms with E-state index in [9.17, 15) is 0 Å². The van der Waals surface area contributed by atoms with Gasteiger partial charge in [-0.2, -0.15) is 0 Å². The Kier molecular flexibility index (Phi) is 3.90. The maximum atomic E-state index is 5.76. The number of nitrogens with zero attached hydrogens (tertiary/aromatic N) is 2. The van der Waals surface area contributed by atoms with Gasteiger partial charge in [-0.05, 0) is 37.2 Å². The summed E-state index contributed by atoms with van der Waals surface area (Å²) in [4.78, 5) is 6.61. The number of rotatable bonds is 4. The second-order valence-corrected chi connectivity index (χ2v) is 6.58. The number of nitrogen functional groups attached to an aromatic ring is 1. The second-order valence-electron chi connectivity index (χ2n) is 5.52. The maximum Gasteiger partial charge on any atom is 0.181 e. The van der Waals surface area contributed by atoms with E-state index in [0.29, 0.717) is 5.13 Å². The summed E-state index contributed by atoms with van der Waals surface area (Å²) in [5, 5.41) is 0.635. The van der Waals surface area contributed by atoms with Crippen LogP contribution in [0.5, 0.6) is 0 Å². The van der Waals surface area contributed by atoms with E-state index in [-0.39, 0.29) is 0 Å². The highest BCUT2D eigenvalue weighted by molar-refractivity contribution is 7.22. The van der Waals surface area contributed by atoms with Gasteiger partial charge in [0.05, 0.1) is 10.2 Å². The minimum Gasteiger partial charge on any atom is -0.375 e. The third-order valence-corrected chi connectivity index (χ3v) is 4.30. The number of anilines is 1. The summed E-state index contributed by atoms with van der Waals surface area (Å²) in [6, 6.07) is 15.0. The van der Waals surface area contributed by atoms with Gasteiger partial charge in [0.25, 0.3) is 0 Å². The lowest BCUT2D eigenvalue weighted by molar-refractivity contribution is 0.319. The van der Waals surface area contributed by atoms with Crippen LogP contribution in [-0.2, 0) is 13.1 Å². The molecule has 0 saturated carbocycles. The molecule has 3 rings (SSSR count). The van der Waals surface area contributed by atoms with Gasteiger partial charge in [0.1, 0.15) is 0 Å². The van der Waals surface area contributed by atoms with Crippen molar-refractivity contribution >= 4 is 26.7 Å². The number of hydrogen-bond donors (Lipinski definition) is 1. The molecule has 21 heavy (non-hydrogen) atoms. The predicted molar refractivity (Wildman–Crippen MR) is 90.4 cm³/mol. The Morgan fingerprint density at radius 2 is 1.86 bits per heavy atom. The standard InChI is InChI=1S/C17H19N3S/c1-12-4-3-5-13(8-12)10-20(2)11-14-6-7-15-16(9-14)21-17(18)19-15/h3-9H,10-11H2,1-2H3,(H2,18,19). The van der Waals surface area contributed by atoms with Crippen LogP contribution >= 0.6 is 11.3 Å². The Bertz CT molecular complexity index is 764. The number of fused-ring (bicyclic) bond motifs is 1. The summed E-state index contributed by atoms with van der Waals surface area (Å²) >= 11 is 1.55. The van der Waals surface area contributed by atoms with Crippen molar-refractivity contribution in [2.75, 3.05) is 12.8 Å². The van der Waals surface area contributed by atoms with Crippen molar-refractivity contribution in [2.24, 2.45) is 0 Å². The third-order valence-electron chi connectivity index (χ3n) is 3.46. The molecule has 0 bridgehead atoms. The topological polar surface area (TPSA) is 42.2 Å². The molecule has 0 aliphatic carbocycles. The van der Waals surface area contributed by atoms with Gasteiger partial charge in [-0.1, -0.05) is 47.2 Å². The molecule has 108 valence electrons. The lowest BCUT2D eigenvalue weighted by atomic mass is 10.1. The lowest BCUT2D eigenvalue weighted by Gasteiger charge is -2.17. The van der Waals surface area contributed by atoms with E-state index in [4.69, 9.17) is 5.73 Å². The molecule has 0 amide bonds. The Morgan fingerprint density at radius 1 is 1.10 bits per heavy atom. The second kappa shape index (κ2) is 5.84. The molecule has 0 aliphatic heterocycles. The zero-order valence-corrected chi connectivity index (χ0v) is 13.2. The van der Waals surface area contributed by atoms with Gasteiger partial charge in [-0.25, -0.2) is 4.98 Å². The lowest BCUT2D eigenvalue weighted by Crippen LogP contribution is -2.17. The van der Waals surface area contributed by atoms with Crippen LogP contribution < -0.4 is 5.73 Å². The van der Waals surface area contributed by atoms with Crippen LogP contribution in [0.25, 0.3) is 10.2 Å². The molecule has 0 atom stereocenters. The van der Waals surface area contributed by atoms with Crippen LogP contribution in [0.1, 0.15) is 16.7 Å². The van der Waals surface area contributed by atoms with Crippen LogP contribution in [0.15, 0.2) is 42.5 Å². The molecule has 4 heteroatoms. The van der Waals surface area contributed by atoms with E-state index in [1.165, 1.54) is 16.7 Å². The van der Waals surface area contributed by atoms with Crippen molar-refractivity contribution in [3.05, 3.63) is 59.2 Å². The van der Waals surface area contributed by atoms with Crippen molar-refractivity contribution in [3.8, 4) is 0 Å². The molecule has 1 aromatic heterocycles. The molecule has 0 aliphatic rings. The number of hydrogen-bond acceptors (Lipinski definition) is 4. The number of aryl methyl sites for hydroxylation is 1. The molecule has 2 aromatic carbocycles. The van der Waals surface area contributed by atoms with Gasteiger partial charge in [-0.3, -0.25) is 4.90 Å². The first-order valence-electron chi connectivity index (χ1n) is 6.99. The summed E-state index contributed by atoms with van der Waals surface area (Å²) in [5.74, 6) is 0. The van der Waals surface area contributed by atoms with Crippen molar-refractivity contribution in [2.45, 2.75) is 20.0 Å². The van der Waals surface area contributed by atoms with Crippen LogP contribution in [0.2, 0.25) is 0 Å². The van der Waals surface area contributed by atoms with Crippen LogP contribution in [0, 0.1) is 6.92 Å². The Morgan fingerprint density at radius 3 is 2.62 bits per heavy atom. The van der Waals surface area contributed by atoms with E-state index in [2.05, 4.69) is 66.3 Å². The number of thiazole rings is 1. The maximum absolute atomic E-state index is 5.76. The normalized spacial score (nSPS) is 11.4. The molecule has 0 spiro atoms. The van der Waals surface area contributed by atoms with Crippen molar-refractivity contribution in [3.63, 3.8) is 0 Å². The third kappa shape index (κ3) is 3.40. The monoisotopic (exact) mass is 297 g/mol. The highest BCUT2D eigenvalue weighted by Gasteiger charge is 2.05. The van der Waals surface area contributed by atoms with E-state index in [1.807, 2.05) is 0 Å². The summed E-state index contributed by atoms with van der Waals surface area (Å²) < 4.78 is 1.16. The molecular weight excluding hydrogens is 278 g/mol. The highest BCUT2D eigenvalue weighted by Crippen LogP contribution is 2.25. The minimum atomic E-state index is 0.635. The molecule has 2 N–H and O–H groups in total. The average Bonchev–Trinajstić information content (AvgIpc) is 2.78. The highest BCUT2D eigenvalue weighted by atomic mass is 32.1. The molecule has 1 heterocycles. The number of nitrogens with two attached hydrogens (primary N) is 1. The molecule has 0 unspecified atom stereocenters. The SMILES string of the molecule is Cc1cccc(CN(C)Cc2ccc3nc(N)sc3c2)c1. The van der Waals surface area contributed by atoms with Gasteiger partial charge in [-0.15, -0.1) is 0 Å². The largest absolute Gasteiger partial charge is 0.375 e. The molecule has 0 fully saturated rings. The summed E-state index contributed by atoms with van der Waals surface area (Å²) in [7, 11) is 2.15. The molecular formula is C17H19N3S. The smallest absolute Gasteiger partial charge is 0.181 e. The fourth-order valence-corrected chi connectivity index (χ4v) is 3.37. The van der Waals surface area contributed by atoms with Gasteiger partial charge >= 0.3 is 0 Å². The molecule has 3 nitrogen and oxygen atoms in total. The van der Waals surface area contributed by atoms with E-state index < -0.39 is 0 Å². The number of benzene rings is 2. The van der Waals surface area contributed by atoms with Crippen molar-refractivity contribution in [1.82, 2.24) is 9.88 Å². The molecule has 3 aromatic rings. The summed E-state index contributed by atoms with van der Waals surface area (Å²) in [6.07, 6.45) is 0. The van der Waals surface area contributed by atoms with Gasteiger partial charge in [0.15, 0.2) is 5.13 Å². The van der Waals surface area contributed by atoms with Crippen LogP contribution in [-0.4, -0.2) is 16.9 Å². The summed E-state index contributed by atoms with van der Waals surface area (Å²) in [5.41, 5.74) is 10.7. The fraction of sp³-hybridized carbons (Fsp3) is 0.235. The van der Waals surface area contributed by atoms with Gasteiger partial charge in [0.2, 0.25) is 0 Å². The first kappa shape index (κ1) is 14.0. The van der Waals surface area contributed by atoms with Gasteiger partial charge < -0.3 is 5.73 Å². The Balaban J connectivity index is 1.72. The first-order valence-corrected chi connectivity index (χ1v) is 7.81. The minimum absolute atomic E-state index is 0.635. The molecule has 0 radical (unpaired) electrons. The Labute approximate surface area is 129 Å². The zero-order chi connectivity index (χ0) is 14.8. The van der Waals surface area contributed by atoms with E-state index in [1.54, 1.807) is 11.3 Å². The van der Waals surface area contributed by atoms with E-state index >= 15 is 0 Å². The average molecular weight is 297 g/mol. The summed E-state index contributed by atoms with van der Waals surface area (Å²) in [6.45, 7) is 4.00. The quantitative estimate of drug-likeness (QED) is 0.796. The van der Waals surface area contributed by atoms with Crippen molar-refractivity contribution < 1.29 is 0 Å². The molecule has 0 saturated heterocycles. The number of aromatic nitrogens is 1. The predicted octanol–water partition coefficient (Wildman–Crippen LogP) is 3.82. The van der Waals surface area contributed by atoms with E-state index in [0.717, 1.165) is 23.3 Å². The fourth-order valence-electron chi connectivity index (χ4n) is 2.57. The van der Waals surface area contributed by atoms with Crippen LogP contribution in [0.4, 0.5) is 5.13 Å².